The van der Waals surface area contributed by atoms with Gasteiger partial charge in [-0.25, -0.2) is 14.4 Å². The van der Waals surface area contributed by atoms with Gasteiger partial charge in [0, 0.05) is 35.6 Å². The fourth-order valence-electron chi connectivity index (χ4n) is 2.18. The van der Waals surface area contributed by atoms with E-state index in [4.69, 9.17) is 11.6 Å². The van der Waals surface area contributed by atoms with Crippen molar-refractivity contribution in [2.75, 3.05) is 5.32 Å². The minimum Gasteiger partial charge on any atom is -0.380 e. The predicted octanol–water partition coefficient (Wildman–Crippen LogP) is 4.30. The van der Waals surface area contributed by atoms with Crippen LogP contribution in [-0.2, 0) is 13.0 Å². The molecule has 0 radical (unpaired) electrons. The summed E-state index contributed by atoms with van der Waals surface area (Å²) in [6, 6.07) is 5.08. The zero-order valence-corrected chi connectivity index (χ0v) is 13.5. The smallest absolute Gasteiger partial charge is 0.183 e. The molecule has 0 amide bonds. The average molecular weight is 337 g/mol. The van der Waals surface area contributed by atoms with E-state index in [1.807, 2.05) is 13.0 Å². The van der Waals surface area contributed by atoms with Crippen molar-refractivity contribution in [3.8, 4) is 5.69 Å². The fraction of sp³-hybridized carbons (Fsp3) is 0.200. The molecule has 0 spiro atoms. The molecule has 3 aromatic rings. The molecule has 0 unspecified atom stereocenters. The third kappa shape index (κ3) is 3.13. The Balaban J connectivity index is 1.77. The second kappa shape index (κ2) is 6.46. The highest BCUT2D eigenvalue weighted by Crippen LogP contribution is 2.22. The SMILES string of the molecule is CCc1nccn1-c1ccc(NCc2cnc(Cl)s2)cc1F. The molecule has 2 aromatic heterocycles. The maximum absolute atomic E-state index is 14.3. The molecule has 0 fully saturated rings. The lowest BCUT2D eigenvalue weighted by atomic mass is 10.2. The number of benzene rings is 1. The molecule has 0 aliphatic carbocycles. The van der Waals surface area contributed by atoms with Crippen LogP contribution in [0.25, 0.3) is 5.69 Å². The van der Waals surface area contributed by atoms with Crippen molar-refractivity contribution >= 4 is 28.6 Å². The number of rotatable bonds is 5. The minimum absolute atomic E-state index is 0.292. The number of anilines is 1. The first-order valence-corrected chi connectivity index (χ1v) is 8.03. The van der Waals surface area contributed by atoms with Crippen molar-refractivity contribution in [2.45, 2.75) is 19.9 Å². The van der Waals surface area contributed by atoms with Crippen molar-refractivity contribution < 1.29 is 4.39 Å². The topological polar surface area (TPSA) is 42.7 Å². The Labute approximate surface area is 136 Å². The van der Waals surface area contributed by atoms with Gasteiger partial charge in [0.15, 0.2) is 4.47 Å². The third-order valence-corrected chi connectivity index (χ3v) is 4.35. The van der Waals surface area contributed by atoms with E-state index in [9.17, 15) is 4.39 Å². The Morgan fingerprint density at radius 2 is 2.23 bits per heavy atom. The highest BCUT2D eigenvalue weighted by molar-refractivity contribution is 7.15. The number of thiazole rings is 1. The van der Waals surface area contributed by atoms with E-state index in [1.54, 1.807) is 29.2 Å². The lowest BCUT2D eigenvalue weighted by molar-refractivity contribution is 0.615. The summed E-state index contributed by atoms with van der Waals surface area (Å²) in [6.07, 6.45) is 5.91. The quantitative estimate of drug-likeness (QED) is 0.755. The van der Waals surface area contributed by atoms with E-state index in [1.165, 1.54) is 17.4 Å². The number of aromatic nitrogens is 3. The van der Waals surface area contributed by atoms with Crippen LogP contribution in [0.15, 0.2) is 36.8 Å². The van der Waals surface area contributed by atoms with Crippen LogP contribution in [0.1, 0.15) is 17.6 Å². The first kappa shape index (κ1) is 15.0. The summed E-state index contributed by atoms with van der Waals surface area (Å²) in [5.74, 6) is 0.541. The summed E-state index contributed by atoms with van der Waals surface area (Å²) < 4.78 is 16.6. The molecule has 1 N–H and O–H groups in total. The average Bonchev–Trinajstić information content (AvgIpc) is 3.13. The molecule has 2 heterocycles. The standard InChI is InChI=1S/C15H14ClFN4S/c1-2-14-18-5-6-21(14)13-4-3-10(7-12(13)17)19-8-11-9-20-15(16)22-11/h3-7,9,19H,2,8H2,1H3. The Kier molecular flexibility index (Phi) is 4.40. The summed E-state index contributed by atoms with van der Waals surface area (Å²) in [7, 11) is 0. The van der Waals surface area contributed by atoms with Crippen LogP contribution in [0.2, 0.25) is 4.47 Å². The van der Waals surface area contributed by atoms with Crippen LogP contribution < -0.4 is 5.32 Å². The van der Waals surface area contributed by atoms with Gasteiger partial charge in [-0.15, -0.1) is 11.3 Å². The summed E-state index contributed by atoms with van der Waals surface area (Å²) in [6.45, 7) is 2.56. The molecule has 114 valence electrons. The maximum Gasteiger partial charge on any atom is 0.183 e. The van der Waals surface area contributed by atoms with Crippen molar-refractivity contribution in [3.05, 3.63) is 57.8 Å². The van der Waals surface area contributed by atoms with E-state index < -0.39 is 0 Å². The minimum atomic E-state index is -0.292. The molecule has 0 bridgehead atoms. The van der Waals surface area contributed by atoms with Crippen LogP contribution in [0.4, 0.5) is 10.1 Å². The van der Waals surface area contributed by atoms with Gasteiger partial charge in [-0.05, 0) is 18.2 Å². The Bertz CT molecular complexity index is 783. The molecule has 0 atom stereocenters. The fourth-order valence-corrected chi connectivity index (χ4v) is 3.10. The van der Waals surface area contributed by atoms with Crippen LogP contribution in [0.5, 0.6) is 0 Å². The lowest BCUT2D eigenvalue weighted by Gasteiger charge is -2.10. The normalized spacial score (nSPS) is 10.9. The molecular weight excluding hydrogens is 323 g/mol. The first-order chi connectivity index (χ1) is 10.7. The lowest BCUT2D eigenvalue weighted by Crippen LogP contribution is -2.03. The monoisotopic (exact) mass is 336 g/mol. The van der Waals surface area contributed by atoms with E-state index in [0.717, 1.165) is 17.1 Å². The van der Waals surface area contributed by atoms with Gasteiger partial charge >= 0.3 is 0 Å². The van der Waals surface area contributed by atoms with Gasteiger partial charge in [-0.2, -0.15) is 0 Å². The Morgan fingerprint density at radius 3 is 2.91 bits per heavy atom. The molecule has 3 rings (SSSR count). The predicted molar refractivity (Wildman–Crippen MR) is 87.4 cm³/mol. The van der Waals surface area contributed by atoms with Crippen LogP contribution in [-0.4, -0.2) is 14.5 Å². The number of aryl methyl sites for hydroxylation is 1. The molecule has 4 nitrogen and oxygen atoms in total. The van der Waals surface area contributed by atoms with E-state index in [2.05, 4.69) is 15.3 Å². The van der Waals surface area contributed by atoms with Crippen LogP contribution in [0.3, 0.4) is 0 Å². The number of halogens is 2. The Morgan fingerprint density at radius 1 is 1.36 bits per heavy atom. The van der Waals surface area contributed by atoms with E-state index in [0.29, 0.717) is 22.4 Å². The number of nitrogens with zero attached hydrogens (tertiary/aromatic N) is 3. The first-order valence-electron chi connectivity index (χ1n) is 6.83. The second-order valence-electron chi connectivity index (χ2n) is 4.67. The van der Waals surface area contributed by atoms with E-state index >= 15 is 0 Å². The van der Waals surface area contributed by atoms with Crippen molar-refractivity contribution in [2.24, 2.45) is 0 Å². The maximum atomic E-state index is 14.3. The van der Waals surface area contributed by atoms with Crippen LogP contribution in [0, 0.1) is 5.82 Å². The van der Waals surface area contributed by atoms with Gasteiger partial charge in [-0.1, -0.05) is 18.5 Å². The number of hydrogen-bond donors (Lipinski definition) is 1. The van der Waals surface area contributed by atoms with Gasteiger partial charge in [-0.3, -0.25) is 0 Å². The summed E-state index contributed by atoms with van der Waals surface area (Å²) >= 11 is 7.19. The number of nitrogens with one attached hydrogen (secondary N) is 1. The Hall–Kier alpha value is -1.92. The molecule has 7 heteroatoms. The van der Waals surface area contributed by atoms with Crippen molar-refractivity contribution in [1.82, 2.24) is 14.5 Å². The van der Waals surface area contributed by atoms with Gasteiger partial charge in [0.1, 0.15) is 11.6 Å². The summed E-state index contributed by atoms with van der Waals surface area (Å²) in [4.78, 5) is 9.19. The number of hydrogen-bond acceptors (Lipinski definition) is 4. The molecule has 1 aromatic carbocycles. The van der Waals surface area contributed by atoms with Crippen molar-refractivity contribution in [3.63, 3.8) is 0 Å². The summed E-state index contributed by atoms with van der Waals surface area (Å²) in [5.41, 5.74) is 1.21. The second-order valence-corrected chi connectivity index (χ2v) is 6.36. The zero-order valence-electron chi connectivity index (χ0n) is 11.9. The van der Waals surface area contributed by atoms with Crippen LogP contribution >= 0.6 is 22.9 Å². The highest BCUT2D eigenvalue weighted by atomic mass is 35.5. The van der Waals surface area contributed by atoms with Gasteiger partial charge in [0.2, 0.25) is 0 Å². The zero-order chi connectivity index (χ0) is 15.5. The molecule has 0 saturated carbocycles. The van der Waals surface area contributed by atoms with Crippen molar-refractivity contribution in [1.29, 1.82) is 0 Å². The largest absolute Gasteiger partial charge is 0.380 e. The molecular formula is C15H14ClFN4S. The molecule has 0 saturated heterocycles. The van der Waals surface area contributed by atoms with E-state index in [-0.39, 0.29) is 5.82 Å². The number of imidazole rings is 1. The van der Waals surface area contributed by atoms with Gasteiger partial charge in [0.05, 0.1) is 12.2 Å². The summed E-state index contributed by atoms with van der Waals surface area (Å²) in [5, 5.41) is 3.16. The molecule has 0 aliphatic rings. The van der Waals surface area contributed by atoms with Gasteiger partial charge < -0.3 is 9.88 Å². The third-order valence-electron chi connectivity index (χ3n) is 3.23. The highest BCUT2D eigenvalue weighted by Gasteiger charge is 2.09. The molecule has 0 aliphatic heterocycles. The molecule has 22 heavy (non-hydrogen) atoms. The van der Waals surface area contributed by atoms with Gasteiger partial charge in [0.25, 0.3) is 0 Å².